The quantitative estimate of drug-likeness (QED) is 0.626. The molecule has 1 aromatic rings. The molecule has 0 aromatic heterocycles. The fraction of sp³-hybridized carbons (Fsp3) is 0.647. The third kappa shape index (κ3) is 6.63. The largest absolute Gasteiger partial charge is 0.493 e. The summed E-state index contributed by atoms with van der Waals surface area (Å²) in [5.41, 5.74) is 0.759. The second-order valence-electron chi connectivity index (χ2n) is 5.82. The van der Waals surface area contributed by atoms with Crippen LogP contribution in [0.15, 0.2) is 24.3 Å². The Kier molecular flexibility index (Phi) is 7.57. The summed E-state index contributed by atoms with van der Waals surface area (Å²) in [7, 11) is 0. The maximum Gasteiger partial charge on any atom is 0.124 e. The molecule has 0 heterocycles. The molecule has 0 saturated heterocycles. The van der Waals surface area contributed by atoms with E-state index in [-0.39, 0.29) is 6.61 Å². The highest BCUT2D eigenvalue weighted by Gasteiger charge is 2.06. The highest BCUT2D eigenvalue weighted by Crippen LogP contribution is 2.20. The van der Waals surface area contributed by atoms with Gasteiger partial charge >= 0.3 is 0 Å². The van der Waals surface area contributed by atoms with Gasteiger partial charge in [0.2, 0.25) is 0 Å². The molecule has 0 amide bonds. The lowest BCUT2D eigenvalue weighted by molar-refractivity contribution is 0.171. The summed E-state index contributed by atoms with van der Waals surface area (Å²) in [6, 6.07) is 7.53. The number of para-hydroxylation sites is 1. The Balaban J connectivity index is 2.22. The number of rotatable bonds is 9. The summed E-state index contributed by atoms with van der Waals surface area (Å²) in [5, 5.41) is 11.0. The second-order valence-corrected chi connectivity index (χ2v) is 5.82. The summed E-state index contributed by atoms with van der Waals surface area (Å²) in [4.78, 5) is 0. The molecule has 1 radical (unpaired) electrons. The Morgan fingerprint density at radius 1 is 1.05 bits per heavy atom. The lowest BCUT2D eigenvalue weighted by Gasteiger charge is -2.14. The van der Waals surface area contributed by atoms with Gasteiger partial charge in [0.15, 0.2) is 0 Å². The first kappa shape index (κ1) is 16.0. The van der Waals surface area contributed by atoms with E-state index in [0.717, 1.165) is 23.7 Å². The van der Waals surface area contributed by atoms with Crippen molar-refractivity contribution in [1.82, 2.24) is 0 Å². The van der Waals surface area contributed by atoms with Crippen LogP contribution in [0.5, 0.6) is 5.75 Å². The maximum absolute atomic E-state index is 11.0. The molecule has 0 bridgehead atoms. The van der Waals surface area contributed by atoms with Crippen LogP contribution in [-0.2, 0) is 11.7 Å². The van der Waals surface area contributed by atoms with Gasteiger partial charge in [0.05, 0.1) is 6.61 Å². The minimum Gasteiger partial charge on any atom is -0.493 e. The Morgan fingerprint density at radius 2 is 1.79 bits per heavy atom. The maximum atomic E-state index is 11.0. The fourth-order valence-electron chi connectivity index (χ4n) is 2.15. The molecule has 0 aliphatic rings. The van der Waals surface area contributed by atoms with Crippen LogP contribution in [-0.4, -0.2) is 6.61 Å². The Morgan fingerprint density at radius 3 is 2.47 bits per heavy atom. The van der Waals surface area contributed by atoms with E-state index in [4.69, 9.17) is 4.74 Å². The van der Waals surface area contributed by atoms with Crippen molar-refractivity contribution in [2.45, 2.75) is 53.1 Å². The van der Waals surface area contributed by atoms with Crippen molar-refractivity contribution in [3.05, 3.63) is 29.8 Å². The topological polar surface area (TPSA) is 29.1 Å². The standard InChI is InChI=1S/C17H27O2/c1-14(2)7-6-8-15(3)11-12-19-17-10-5-4-9-16(17)13-18/h4-5,9-10,14-15H,6-8,11-13H2,1-3H3. The van der Waals surface area contributed by atoms with E-state index in [0.29, 0.717) is 12.5 Å². The molecule has 0 spiro atoms. The zero-order chi connectivity index (χ0) is 14.1. The average Bonchev–Trinajstić information content (AvgIpc) is 2.39. The minimum atomic E-state index is -0.208. The molecule has 1 rings (SSSR count). The van der Waals surface area contributed by atoms with Crippen molar-refractivity contribution < 1.29 is 9.84 Å². The summed E-state index contributed by atoms with van der Waals surface area (Å²) in [6.45, 7) is 7.32. The lowest BCUT2D eigenvalue weighted by Crippen LogP contribution is -2.06. The molecule has 2 nitrogen and oxygen atoms in total. The molecule has 1 atom stereocenters. The van der Waals surface area contributed by atoms with Gasteiger partial charge in [-0.15, -0.1) is 0 Å². The second kappa shape index (κ2) is 8.98. The first-order valence-corrected chi connectivity index (χ1v) is 7.42. The molecule has 2 heteroatoms. The van der Waals surface area contributed by atoms with E-state index in [1.807, 2.05) is 24.3 Å². The molecule has 19 heavy (non-hydrogen) atoms. The third-order valence-corrected chi connectivity index (χ3v) is 3.47. The SMILES string of the molecule is CC(C)CCCC(C)CCOc1ccccc1C[O]. The van der Waals surface area contributed by atoms with Crippen molar-refractivity contribution in [2.24, 2.45) is 11.8 Å². The van der Waals surface area contributed by atoms with Gasteiger partial charge in [-0.1, -0.05) is 58.2 Å². The van der Waals surface area contributed by atoms with E-state index in [1.165, 1.54) is 19.3 Å². The molecule has 0 N–H and O–H groups in total. The summed E-state index contributed by atoms with van der Waals surface area (Å²) >= 11 is 0. The van der Waals surface area contributed by atoms with Crippen molar-refractivity contribution in [1.29, 1.82) is 0 Å². The molecule has 0 aliphatic carbocycles. The highest BCUT2D eigenvalue weighted by molar-refractivity contribution is 5.32. The summed E-state index contributed by atoms with van der Waals surface area (Å²) in [5.74, 6) is 2.25. The van der Waals surface area contributed by atoms with E-state index < -0.39 is 0 Å². The predicted molar refractivity (Wildman–Crippen MR) is 78.8 cm³/mol. The van der Waals surface area contributed by atoms with Gasteiger partial charge in [0.25, 0.3) is 0 Å². The van der Waals surface area contributed by atoms with Gasteiger partial charge in [0, 0.05) is 5.56 Å². The summed E-state index contributed by atoms with van der Waals surface area (Å²) < 4.78 is 5.73. The van der Waals surface area contributed by atoms with Crippen LogP contribution in [0.25, 0.3) is 0 Å². The summed E-state index contributed by atoms with van der Waals surface area (Å²) in [6.07, 6.45) is 4.94. The number of benzene rings is 1. The van der Waals surface area contributed by atoms with E-state index in [1.54, 1.807) is 0 Å². The first-order chi connectivity index (χ1) is 9.13. The van der Waals surface area contributed by atoms with Gasteiger partial charge < -0.3 is 4.74 Å². The van der Waals surface area contributed by atoms with Gasteiger partial charge in [-0.3, -0.25) is 0 Å². The molecular formula is C17H27O2. The lowest BCUT2D eigenvalue weighted by atomic mass is 9.98. The van der Waals surface area contributed by atoms with Crippen LogP contribution in [0.3, 0.4) is 0 Å². The number of hydrogen-bond acceptors (Lipinski definition) is 1. The van der Waals surface area contributed by atoms with E-state index in [2.05, 4.69) is 20.8 Å². The first-order valence-electron chi connectivity index (χ1n) is 7.42. The van der Waals surface area contributed by atoms with Crippen LogP contribution in [0.1, 0.15) is 52.0 Å². The van der Waals surface area contributed by atoms with Crippen LogP contribution in [0, 0.1) is 11.8 Å². The Hall–Kier alpha value is -1.02. The van der Waals surface area contributed by atoms with Crippen molar-refractivity contribution >= 4 is 0 Å². The Bertz CT molecular complexity index is 347. The minimum absolute atomic E-state index is 0.208. The zero-order valence-electron chi connectivity index (χ0n) is 12.5. The van der Waals surface area contributed by atoms with Crippen molar-refractivity contribution in [3.63, 3.8) is 0 Å². The average molecular weight is 263 g/mol. The van der Waals surface area contributed by atoms with Gasteiger partial charge in [-0.05, 0) is 24.3 Å². The third-order valence-electron chi connectivity index (χ3n) is 3.47. The monoisotopic (exact) mass is 263 g/mol. The highest BCUT2D eigenvalue weighted by atomic mass is 16.5. The molecule has 107 valence electrons. The predicted octanol–water partition coefficient (Wildman–Crippen LogP) is 4.85. The number of ether oxygens (including phenoxy) is 1. The zero-order valence-corrected chi connectivity index (χ0v) is 12.5. The molecule has 1 aromatic carbocycles. The normalized spacial score (nSPS) is 12.7. The van der Waals surface area contributed by atoms with Crippen LogP contribution >= 0.6 is 0 Å². The smallest absolute Gasteiger partial charge is 0.124 e. The van der Waals surface area contributed by atoms with Crippen molar-refractivity contribution in [2.75, 3.05) is 6.61 Å². The van der Waals surface area contributed by atoms with E-state index in [9.17, 15) is 5.11 Å². The Labute approximate surface area is 117 Å². The number of hydrogen-bond donors (Lipinski definition) is 0. The van der Waals surface area contributed by atoms with Gasteiger partial charge in [-0.2, -0.15) is 0 Å². The van der Waals surface area contributed by atoms with Crippen molar-refractivity contribution in [3.8, 4) is 5.75 Å². The molecular weight excluding hydrogens is 236 g/mol. The van der Waals surface area contributed by atoms with Crippen LogP contribution in [0.2, 0.25) is 0 Å². The van der Waals surface area contributed by atoms with Gasteiger partial charge in [-0.25, -0.2) is 5.11 Å². The molecule has 0 saturated carbocycles. The molecule has 0 aliphatic heterocycles. The van der Waals surface area contributed by atoms with E-state index >= 15 is 0 Å². The van der Waals surface area contributed by atoms with Gasteiger partial charge in [0.1, 0.15) is 12.4 Å². The van der Waals surface area contributed by atoms with Crippen LogP contribution < -0.4 is 4.74 Å². The molecule has 1 unspecified atom stereocenters. The van der Waals surface area contributed by atoms with Crippen LogP contribution in [0.4, 0.5) is 0 Å². The fourth-order valence-corrected chi connectivity index (χ4v) is 2.15. The molecule has 0 fully saturated rings.